The molecule has 0 radical (unpaired) electrons. The van der Waals surface area contributed by atoms with Crippen molar-refractivity contribution in [3.05, 3.63) is 41.7 Å². The number of nitrogens with zero attached hydrogens (tertiary/aromatic N) is 2. The number of imidazole rings is 1. The van der Waals surface area contributed by atoms with Gasteiger partial charge in [-0.25, -0.2) is 4.98 Å². The Morgan fingerprint density at radius 3 is 2.75 bits per heavy atom. The van der Waals surface area contributed by atoms with Crippen LogP contribution in [0.1, 0.15) is 44.0 Å². The highest BCUT2D eigenvalue weighted by molar-refractivity contribution is 8.00. The van der Waals surface area contributed by atoms with Crippen molar-refractivity contribution in [3.8, 4) is 5.69 Å². The number of carbonyl (C=O) groups excluding carboxylic acids is 1. The summed E-state index contributed by atoms with van der Waals surface area (Å²) in [6.45, 7) is 1.98. The maximum atomic E-state index is 12.3. The zero-order valence-electron chi connectivity index (χ0n) is 14.0. The number of para-hydroxylation sites is 1. The standard InChI is InChI=1S/C19H23N3OS/c1-13(18(23)20-14-11-12-14)24-19-21-16-9-5-6-10-17(16)22(19)15-7-3-2-4-8-15/h2-4,7-8,13-14H,5-6,9-12H2,1H3,(H,20,23). The van der Waals surface area contributed by atoms with Gasteiger partial charge in [-0.05, 0) is 57.6 Å². The van der Waals surface area contributed by atoms with Crippen molar-refractivity contribution in [2.75, 3.05) is 0 Å². The summed E-state index contributed by atoms with van der Waals surface area (Å²) in [5.74, 6) is 0.128. The second-order valence-electron chi connectivity index (χ2n) is 6.71. The van der Waals surface area contributed by atoms with Gasteiger partial charge in [-0.1, -0.05) is 30.0 Å². The third-order valence-electron chi connectivity index (χ3n) is 4.69. The topological polar surface area (TPSA) is 46.9 Å². The zero-order chi connectivity index (χ0) is 16.5. The van der Waals surface area contributed by atoms with Crippen LogP contribution in [-0.4, -0.2) is 26.8 Å². The van der Waals surface area contributed by atoms with E-state index in [0.717, 1.165) is 36.5 Å². The lowest BCUT2D eigenvalue weighted by Gasteiger charge is -2.16. The van der Waals surface area contributed by atoms with E-state index in [1.165, 1.54) is 24.2 Å². The molecule has 1 atom stereocenters. The van der Waals surface area contributed by atoms with Crippen molar-refractivity contribution >= 4 is 17.7 Å². The van der Waals surface area contributed by atoms with Crippen LogP contribution in [0.15, 0.2) is 35.5 Å². The van der Waals surface area contributed by atoms with E-state index in [1.807, 2.05) is 13.0 Å². The smallest absolute Gasteiger partial charge is 0.233 e. The lowest BCUT2D eigenvalue weighted by atomic mass is 10.0. The van der Waals surface area contributed by atoms with Crippen molar-refractivity contribution in [2.45, 2.75) is 61.9 Å². The Labute approximate surface area is 147 Å². The molecule has 0 saturated heterocycles. The highest BCUT2D eigenvalue weighted by Crippen LogP contribution is 2.32. The van der Waals surface area contributed by atoms with Crippen LogP contribution in [0.2, 0.25) is 0 Å². The van der Waals surface area contributed by atoms with Crippen LogP contribution in [0.5, 0.6) is 0 Å². The average molecular weight is 341 g/mol. The van der Waals surface area contributed by atoms with Gasteiger partial charge in [-0.15, -0.1) is 0 Å². The summed E-state index contributed by atoms with van der Waals surface area (Å²) < 4.78 is 2.26. The van der Waals surface area contributed by atoms with Crippen molar-refractivity contribution in [1.29, 1.82) is 0 Å². The molecule has 2 aromatic rings. The van der Waals surface area contributed by atoms with Gasteiger partial charge in [0.15, 0.2) is 5.16 Å². The Hall–Kier alpha value is -1.75. The summed E-state index contributed by atoms with van der Waals surface area (Å²) in [7, 11) is 0. The Bertz CT molecular complexity index is 737. The Kier molecular flexibility index (Phi) is 4.35. The van der Waals surface area contributed by atoms with Gasteiger partial charge in [0.2, 0.25) is 5.91 Å². The summed E-state index contributed by atoms with van der Waals surface area (Å²) in [5, 5.41) is 3.92. The number of nitrogens with one attached hydrogen (secondary N) is 1. The molecule has 1 N–H and O–H groups in total. The van der Waals surface area contributed by atoms with Gasteiger partial charge in [-0.2, -0.15) is 0 Å². The minimum atomic E-state index is -0.128. The van der Waals surface area contributed by atoms with Crippen molar-refractivity contribution in [1.82, 2.24) is 14.9 Å². The molecular weight excluding hydrogens is 318 g/mol. The first-order chi connectivity index (χ1) is 11.7. The summed E-state index contributed by atoms with van der Waals surface area (Å²) in [6.07, 6.45) is 6.78. The second kappa shape index (κ2) is 6.63. The predicted octanol–water partition coefficient (Wildman–Crippen LogP) is 3.51. The van der Waals surface area contributed by atoms with Gasteiger partial charge >= 0.3 is 0 Å². The number of aryl methyl sites for hydroxylation is 1. The monoisotopic (exact) mass is 341 g/mol. The fourth-order valence-electron chi connectivity index (χ4n) is 3.20. The molecule has 24 heavy (non-hydrogen) atoms. The highest BCUT2D eigenvalue weighted by Gasteiger charge is 2.28. The lowest BCUT2D eigenvalue weighted by Crippen LogP contribution is -2.32. The maximum absolute atomic E-state index is 12.3. The third-order valence-corrected chi connectivity index (χ3v) is 5.74. The Morgan fingerprint density at radius 2 is 2.00 bits per heavy atom. The normalized spacial score (nSPS) is 18.0. The molecule has 2 aliphatic rings. The van der Waals surface area contributed by atoms with Crippen LogP contribution in [0, 0.1) is 0 Å². The molecule has 0 spiro atoms. The lowest BCUT2D eigenvalue weighted by molar-refractivity contribution is -0.120. The first kappa shape index (κ1) is 15.8. The largest absolute Gasteiger partial charge is 0.352 e. The molecule has 1 fully saturated rings. The van der Waals surface area contributed by atoms with Crippen LogP contribution in [0.25, 0.3) is 5.69 Å². The molecule has 4 rings (SSSR count). The number of amides is 1. The van der Waals surface area contributed by atoms with Gasteiger partial charge in [0.1, 0.15) is 0 Å². The molecule has 1 heterocycles. The van der Waals surface area contributed by atoms with Crippen molar-refractivity contribution in [3.63, 3.8) is 0 Å². The first-order valence-electron chi connectivity index (χ1n) is 8.85. The number of hydrogen-bond acceptors (Lipinski definition) is 3. The number of rotatable bonds is 5. The quantitative estimate of drug-likeness (QED) is 0.847. The summed E-state index contributed by atoms with van der Waals surface area (Å²) in [4.78, 5) is 17.2. The number of hydrogen-bond donors (Lipinski definition) is 1. The zero-order valence-corrected chi connectivity index (χ0v) is 14.8. The van der Waals surface area contributed by atoms with Gasteiger partial charge < -0.3 is 5.32 Å². The van der Waals surface area contributed by atoms with Gasteiger partial charge in [-0.3, -0.25) is 9.36 Å². The SMILES string of the molecule is CC(Sc1nc2c(n1-c1ccccc1)CCCC2)C(=O)NC1CC1. The summed E-state index contributed by atoms with van der Waals surface area (Å²) in [5.41, 5.74) is 3.68. The molecule has 1 aromatic heterocycles. The minimum absolute atomic E-state index is 0.128. The number of aromatic nitrogens is 2. The average Bonchev–Trinajstić information content (AvgIpc) is 3.34. The molecule has 1 aromatic carbocycles. The molecule has 126 valence electrons. The molecule has 2 aliphatic carbocycles. The predicted molar refractivity (Wildman–Crippen MR) is 96.7 cm³/mol. The van der Waals surface area contributed by atoms with E-state index in [-0.39, 0.29) is 11.2 Å². The summed E-state index contributed by atoms with van der Waals surface area (Å²) >= 11 is 1.58. The highest BCUT2D eigenvalue weighted by atomic mass is 32.2. The van der Waals surface area contributed by atoms with E-state index in [0.29, 0.717) is 6.04 Å². The molecule has 1 amide bonds. The van der Waals surface area contributed by atoms with Gasteiger partial charge in [0.25, 0.3) is 0 Å². The Balaban J connectivity index is 1.64. The number of benzene rings is 1. The summed E-state index contributed by atoms with van der Waals surface area (Å²) in [6, 6.07) is 10.8. The van der Waals surface area contributed by atoms with E-state index in [4.69, 9.17) is 4.98 Å². The van der Waals surface area contributed by atoms with E-state index >= 15 is 0 Å². The molecule has 1 saturated carbocycles. The van der Waals surface area contributed by atoms with E-state index < -0.39 is 0 Å². The van der Waals surface area contributed by atoms with Crippen LogP contribution in [0.4, 0.5) is 0 Å². The molecular formula is C19H23N3OS. The molecule has 1 unspecified atom stereocenters. The van der Waals surface area contributed by atoms with Crippen LogP contribution < -0.4 is 5.32 Å². The number of carbonyl (C=O) groups is 1. The minimum Gasteiger partial charge on any atom is -0.352 e. The van der Waals surface area contributed by atoms with E-state index in [9.17, 15) is 4.79 Å². The number of thioether (sulfide) groups is 1. The van der Waals surface area contributed by atoms with Crippen LogP contribution >= 0.6 is 11.8 Å². The molecule has 0 aliphatic heterocycles. The number of fused-ring (bicyclic) bond motifs is 1. The van der Waals surface area contributed by atoms with E-state index in [2.05, 4.69) is 34.1 Å². The second-order valence-corrected chi connectivity index (χ2v) is 8.02. The van der Waals surface area contributed by atoms with Gasteiger partial charge in [0.05, 0.1) is 10.9 Å². The first-order valence-corrected chi connectivity index (χ1v) is 9.73. The molecule has 5 heteroatoms. The molecule has 0 bridgehead atoms. The van der Waals surface area contributed by atoms with Crippen molar-refractivity contribution < 1.29 is 4.79 Å². The fourth-order valence-corrected chi connectivity index (χ4v) is 4.17. The Morgan fingerprint density at radius 1 is 1.25 bits per heavy atom. The molecule has 4 nitrogen and oxygen atoms in total. The van der Waals surface area contributed by atoms with Crippen LogP contribution in [0.3, 0.4) is 0 Å². The third kappa shape index (κ3) is 3.22. The van der Waals surface area contributed by atoms with Crippen molar-refractivity contribution in [2.24, 2.45) is 0 Å². The van der Waals surface area contributed by atoms with Crippen LogP contribution in [-0.2, 0) is 17.6 Å². The van der Waals surface area contributed by atoms with E-state index in [1.54, 1.807) is 11.8 Å². The van der Waals surface area contributed by atoms with Gasteiger partial charge in [0, 0.05) is 17.4 Å². The maximum Gasteiger partial charge on any atom is 0.233 e. The fraction of sp³-hybridized carbons (Fsp3) is 0.474.